The normalized spacial score (nSPS) is 28.1. The number of fused-ring (bicyclic) bond motifs is 4. The van der Waals surface area contributed by atoms with Gasteiger partial charge in [0.05, 0.1) is 17.4 Å². The number of rotatable bonds is 3. The van der Waals surface area contributed by atoms with Crippen LogP contribution in [0.4, 0.5) is 25.1 Å². The van der Waals surface area contributed by atoms with E-state index in [0.717, 1.165) is 37.9 Å². The third-order valence-electron chi connectivity index (χ3n) is 7.57. The summed E-state index contributed by atoms with van der Waals surface area (Å²) >= 11 is 0. The lowest BCUT2D eigenvalue weighted by molar-refractivity contribution is 0.144. The number of carbonyl (C=O) groups is 1. The van der Waals surface area contributed by atoms with Gasteiger partial charge in [0, 0.05) is 57.4 Å². The molecule has 174 valence electrons. The first kappa shape index (κ1) is 20.4. The van der Waals surface area contributed by atoms with Gasteiger partial charge in [0.1, 0.15) is 5.82 Å². The van der Waals surface area contributed by atoms with Crippen LogP contribution in [0.3, 0.4) is 0 Å². The SMILES string of the molecule is O=C(O)N1C[C@@H]2C(CN3CCN4c5cc(-c6cc(F)cc(F)c6O)nnc5NC[C@H]4C3)[C@@H]2C1. The van der Waals surface area contributed by atoms with Gasteiger partial charge in [0.15, 0.2) is 17.4 Å². The van der Waals surface area contributed by atoms with Crippen LogP contribution < -0.4 is 10.2 Å². The molecule has 11 heteroatoms. The molecule has 1 amide bonds. The maximum absolute atomic E-state index is 13.8. The number of hydrogen-bond acceptors (Lipinski definition) is 7. The quantitative estimate of drug-likeness (QED) is 0.641. The second-order valence-electron chi connectivity index (χ2n) is 9.41. The fraction of sp³-hybridized carbons (Fsp3) is 0.500. The van der Waals surface area contributed by atoms with Crippen molar-refractivity contribution in [2.24, 2.45) is 17.8 Å². The van der Waals surface area contributed by atoms with Crippen molar-refractivity contribution in [3.63, 3.8) is 0 Å². The Morgan fingerprint density at radius 2 is 1.91 bits per heavy atom. The predicted molar refractivity (Wildman–Crippen MR) is 115 cm³/mol. The number of aromatic hydroxyl groups is 1. The highest BCUT2D eigenvalue weighted by molar-refractivity contribution is 5.76. The van der Waals surface area contributed by atoms with Crippen LogP contribution in [-0.2, 0) is 0 Å². The third-order valence-corrected chi connectivity index (χ3v) is 7.57. The molecule has 2 saturated heterocycles. The molecule has 4 aliphatic rings. The molecule has 33 heavy (non-hydrogen) atoms. The zero-order valence-corrected chi connectivity index (χ0v) is 17.8. The van der Waals surface area contributed by atoms with Crippen LogP contribution in [0.5, 0.6) is 5.75 Å². The summed E-state index contributed by atoms with van der Waals surface area (Å²) in [4.78, 5) is 17.3. The van der Waals surface area contributed by atoms with Gasteiger partial charge in [-0.15, -0.1) is 10.2 Å². The highest BCUT2D eigenvalue weighted by Crippen LogP contribution is 2.52. The summed E-state index contributed by atoms with van der Waals surface area (Å²) in [5.41, 5.74) is 0.989. The van der Waals surface area contributed by atoms with Crippen molar-refractivity contribution in [1.82, 2.24) is 20.0 Å². The molecule has 6 rings (SSSR count). The minimum Gasteiger partial charge on any atom is -0.504 e. The molecule has 1 aromatic heterocycles. The van der Waals surface area contributed by atoms with E-state index < -0.39 is 23.5 Å². The van der Waals surface area contributed by atoms with Gasteiger partial charge >= 0.3 is 6.09 Å². The lowest BCUT2D eigenvalue weighted by atomic mass is 10.0. The number of aromatic nitrogens is 2. The van der Waals surface area contributed by atoms with Gasteiger partial charge < -0.3 is 25.3 Å². The van der Waals surface area contributed by atoms with Crippen LogP contribution in [0.15, 0.2) is 18.2 Å². The molecule has 1 saturated carbocycles. The van der Waals surface area contributed by atoms with Crippen molar-refractivity contribution in [3.8, 4) is 17.0 Å². The van der Waals surface area contributed by atoms with E-state index in [-0.39, 0.29) is 17.3 Å². The van der Waals surface area contributed by atoms with Crippen LogP contribution in [0.2, 0.25) is 0 Å². The van der Waals surface area contributed by atoms with Gasteiger partial charge in [-0.1, -0.05) is 0 Å². The zero-order chi connectivity index (χ0) is 22.9. The molecule has 0 radical (unpaired) electrons. The Hall–Kier alpha value is -3.21. The molecule has 2 aromatic rings. The molecule has 4 heterocycles. The molecule has 0 bridgehead atoms. The number of nitrogens with one attached hydrogen (secondary N) is 1. The van der Waals surface area contributed by atoms with Crippen molar-refractivity contribution in [1.29, 1.82) is 0 Å². The van der Waals surface area contributed by atoms with E-state index in [1.165, 1.54) is 4.90 Å². The molecular formula is C22H24F2N6O3. The molecule has 4 atom stereocenters. The van der Waals surface area contributed by atoms with Crippen LogP contribution in [-0.4, -0.2) is 88.2 Å². The lowest BCUT2D eigenvalue weighted by Crippen LogP contribution is -2.58. The Balaban J connectivity index is 1.16. The minimum absolute atomic E-state index is 0.0285. The maximum Gasteiger partial charge on any atom is 0.407 e. The molecular weight excluding hydrogens is 434 g/mol. The number of hydrogen-bond donors (Lipinski definition) is 3. The lowest BCUT2D eigenvalue weighted by Gasteiger charge is -2.46. The summed E-state index contributed by atoms with van der Waals surface area (Å²) in [7, 11) is 0. The molecule has 9 nitrogen and oxygen atoms in total. The van der Waals surface area contributed by atoms with Crippen molar-refractivity contribution in [2.75, 3.05) is 56.0 Å². The van der Waals surface area contributed by atoms with Crippen molar-refractivity contribution in [3.05, 3.63) is 29.8 Å². The van der Waals surface area contributed by atoms with E-state index >= 15 is 0 Å². The summed E-state index contributed by atoms with van der Waals surface area (Å²) in [5.74, 6) is -0.314. The summed E-state index contributed by atoms with van der Waals surface area (Å²) in [5, 5.41) is 30.8. The first-order valence-electron chi connectivity index (χ1n) is 11.2. The number of nitrogens with zero attached hydrogens (tertiary/aromatic N) is 5. The Morgan fingerprint density at radius 3 is 2.67 bits per heavy atom. The molecule has 3 N–H and O–H groups in total. The molecule has 1 aromatic carbocycles. The monoisotopic (exact) mass is 458 g/mol. The highest BCUT2D eigenvalue weighted by atomic mass is 19.1. The van der Waals surface area contributed by atoms with E-state index in [1.807, 2.05) is 0 Å². The topological polar surface area (TPSA) is 105 Å². The number of benzene rings is 1. The maximum atomic E-state index is 13.8. The smallest absolute Gasteiger partial charge is 0.407 e. The van der Waals surface area contributed by atoms with Crippen LogP contribution in [0, 0.1) is 29.4 Å². The van der Waals surface area contributed by atoms with E-state index in [9.17, 15) is 18.7 Å². The summed E-state index contributed by atoms with van der Waals surface area (Å²) in [6.07, 6.45) is -0.821. The van der Waals surface area contributed by atoms with Crippen molar-refractivity contribution in [2.45, 2.75) is 6.04 Å². The van der Waals surface area contributed by atoms with Crippen LogP contribution >= 0.6 is 0 Å². The number of piperidine rings is 1. The second kappa shape index (κ2) is 7.41. The Bertz CT molecular complexity index is 1120. The van der Waals surface area contributed by atoms with E-state index in [2.05, 4.69) is 25.3 Å². The van der Waals surface area contributed by atoms with E-state index in [1.54, 1.807) is 6.07 Å². The number of amides is 1. The van der Waals surface area contributed by atoms with Crippen molar-refractivity contribution < 1.29 is 23.8 Å². The fourth-order valence-electron chi connectivity index (χ4n) is 5.79. The number of carboxylic acid groups (broad SMARTS) is 1. The number of likely N-dealkylation sites (tertiary alicyclic amines) is 1. The standard InChI is InChI=1S/C22H24F2N6O3/c23-11-3-13(20(31)17(24)4-11)18-5-19-21(27-26-18)25-6-12-7-28(1-2-30(12)19)8-14-15-9-29(22(32)33)10-16(14)15/h3-5,12,14-16,31H,1-2,6-10H2,(H,25,27)(H,32,33)/t12-,14?,15-,16+/m0/s1. The van der Waals surface area contributed by atoms with Gasteiger partial charge in [0.2, 0.25) is 0 Å². The summed E-state index contributed by atoms with van der Waals surface area (Å²) < 4.78 is 27.6. The average Bonchev–Trinajstić information content (AvgIpc) is 3.22. The minimum atomic E-state index is -1.04. The zero-order valence-electron chi connectivity index (χ0n) is 17.8. The predicted octanol–water partition coefficient (Wildman–Crippen LogP) is 1.90. The second-order valence-corrected chi connectivity index (χ2v) is 9.41. The molecule has 3 aliphatic heterocycles. The summed E-state index contributed by atoms with van der Waals surface area (Å²) in [6, 6.07) is 3.61. The average molecular weight is 458 g/mol. The van der Waals surface area contributed by atoms with Crippen LogP contribution in [0.25, 0.3) is 11.3 Å². The highest BCUT2D eigenvalue weighted by Gasteiger charge is 2.57. The van der Waals surface area contributed by atoms with Crippen molar-refractivity contribution >= 4 is 17.6 Å². The fourth-order valence-corrected chi connectivity index (χ4v) is 5.79. The Kier molecular flexibility index (Phi) is 4.58. The van der Waals surface area contributed by atoms with Gasteiger partial charge in [-0.25, -0.2) is 13.6 Å². The number of halogens is 2. The molecule has 1 unspecified atom stereocenters. The third kappa shape index (κ3) is 3.41. The number of piperazine rings is 1. The number of phenolic OH excluding ortho intramolecular Hbond substituents is 1. The largest absolute Gasteiger partial charge is 0.504 e. The van der Waals surface area contributed by atoms with Gasteiger partial charge in [0.25, 0.3) is 0 Å². The number of anilines is 2. The summed E-state index contributed by atoms with van der Waals surface area (Å²) in [6.45, 7) is 5.50. The number of phenols is 1. The van der Waals surface area contributed by atoms with Gasteiger partial charge in [-0.2, -0.15) is 0 Å². The molecule has 1 aliphatic carbocycles. The van der Waals surface area contributed by atoms with Crippen LogP contribution in [0.1, 0.15) is 0 Å². The van der Waals surface area contributed by atoms with E-state index in [0.29, 0.717) is 49.3 Å². The first-order valence-corrected chi connectivity index (χ1v) is 11.2. The molecule has 0 spiro atoms. The van der Waals surface area contributed by atoms with E-state index in [4.69, 9.17) is 5.11 Å². The van der Waals surface area contributed by atoms with Gasteiger partial charge in [-0.3, -0.25) is 4.90 Å². The Morgan fingerprint density at radius 1 is 1.12 bits per heavy atom. The Labute approximate surface area is 188 Å². The van der Waals surface area contributed by atoms with Gasteiger partial charge in [-0.05, 0) is 29.9 Å². The molecule has 3 fully saturated rings. The first-order chi connectivity index (χ1) is 15.9.